The summed E-state index contributed by atoms with van der Waals surface area (Å²) in [5, 5.41) is 0. The van der Waals surface area contributed by atoms with Crippen LogP contribution < -0.4 is 0 Å². The first-order valence-electron chi connectivity index (χ1n) is 25.6. The zero-order valence-corrected chi connectivity index (χ0v) is 39.7. The maximum Gasteiger partial charge on any atom is 0.306 e. The summed E-state index contributed by atoms with van der Waals surface area (Å²) >= 11 is 0. The molecule has 0 aromatic heterocycles. The highest BCUT2D eigenvalue weighted by atomic mass is 16.6. The van der Waals surface area contributed by atoms with Crippen LogP contribution in [0.4, 0.5) is 0 Å². The predicted molar refractivity (Wildman–Crippen MR) is 256 cm³/mol. The molecule has 0 aliphatic rings. The Morgan fingerprint density at radius 1 is 0.333 bits per heavy atom. The van der Waals surface area contributed by atoms with Crippen LogP contribution in [0.1, 0.15) is 258 Å². The molecule has 0 bridgehead atoms. The van der Waals surface area contributed by atoms with E-state index in [2.05, 4.69) is 69.4 Å². The molecular formula is C54H96O6. The van der Waals surface area contributed by atoms with Gasteiger partial charge in [-0.05, 0) is 96.3 Å². The van der Waals surface area contributed by atoms with Gasteiger partial charge in [0.2, 0.25) is 0 Å². The van der Waals surface area contributed by atoms with Gasteiger partial charge in [-0.2, -0.15) is 0 Å². The van der Waals surface area contributed by atoms with Crippen LogP contribution >= 0.6 is 0 Å². The van der Waals surface area contributed by atoms with E-state index in [1.54, 1.807) is 0 Å². The normalized spacial score (nSPS) is 12.4. The van der Waals surface area contributed by atoms with Crippen molar-refractivity contribution in [2.45, 2.75) is 264 Å². The van der Waals surface area contributed by atoms with Gasteiger partial charge in [-0.3, -0.25) is 14.4 Å². The SMILES string of the molecule is CCCC/C=C\C/C=C\CCCCCCCC(=O)OC(COC(=O)CCCCCCC/C=C\CCCCC)COC(=O)CCCCCCC/C=C\CCCCCCCCC. The van der Waals surface area contributed by atoms with Crippen molar-refractivity contribution in [1.82, 2.24) is 0 Å². The van der Waals surface area contributed by atoms with E-state index in [-0.39, 0.29) is 31.1 Å². The van der Waals surface area contributed by atoms with Gasteiger partial charge in [0.1, 0.15) is 13.2 Å². The third kappa shape index (κ3) is 46.4. The Labute approximate surface area is 371 Å². The van der Waals surface area contributed by atoms with E-state index in [1.165, 1.54) is 122 Å². The highest BCUT2D eigenvalue weighted by Gasteiger charge is 2.19. The summed E-state index contributed by atoms with van der Waals surface area (Å²) in [6, 6.07) is 0. The molecule has 0 saturated heterocycles. The summed E-state index contributed by atoms with van der Waals surface area (Å²) in [4.78, 5) is 37.9. The van der Waals surface area contributed by atoms with Gasteiger partial charge in [-0.1, -0.05) is 191 Å². The van der Waals surface area contributed by atoms with Gasteiger partial charge in [0, 0.05) is 19.3 Å². The van der Waals surface area contributed by atoms with Crippen molar-refractivity contribution in [1.29, 1.82) is 0 Å². The van der Waals surface area contributed by atoms with Gasteiger partial charge < -0.3 is 14.2 Å². The summed E-state index contributed by atoms with van der Waals surface area (Å²) in [7, 11) is 0. The number of hydrogen-bond donors (Lipinski definition) is 0. The van der Waals surface area contributed by atoms with Crippen LogP contribution in [0.2, 0.25) is 0 Å². The van der Waals surface area contributed by atoms with E-state index in [9.17, 15) is 14.4 Å². The van der Waals surface area contributed by atoms with Crippen LogP contribution in [-0.4, -0.2) is 37.2 Å². The molecule has 0 radical (unpaired) electrons. The summed E-state index contributed by atoms with van der Waals surface area (Å²) in [5.74, 6) is -0.911. The molecule has 0 spiro atoms. The van der Waals surface area contributed by atoms with Crippen LogP contribution in [0.5, 0.6) is 0 Å². The van der Waals surface area contributed by atoms with Gasteiger partial charge >= 0.3 is 17.9 Å². The fourth-order valence-electron chi connectivity index (χ4n) is 7.09. The van der Waals surface area contributed by atoms with Crippen molar-refractivity contribution in [2.75, 3.05) is 13.2 Å². The Morgan fingerprint density at radius 2 is 0.617 bits per heavy atom. The third-order valence-corrected chi connectivity index (χ3v) is 11.0. The molecule has 0 heterocycles. The Morgan fingerprint density at radius 3 is 1.02 bits per heavy atom. The quantitative estimate of drug-likeness (QED) is 0.0263. The summed E-state index contributed by atoms with van der Waals surface area (Å²) in [5.41, 5.74) is 0. The van der Waals surface area contributed by atoms with Gasteiger partial charge in [-0.15, -0.1) is 0 Å². The molecule has 0 N–H and O–H groups in total. The molecule has 0 aliphatic heterocycles. The molecule has 0 aromatic carbocycles. The zero-order valence-electron chi connectivity index (χ0n) is 39.7. The van der Waals surface area contributed by atoms with E-state index in [0.717, 1.165) is 96.3 Å². The van der Waals surface area contributed by atoms with Crippen molar-refractivity contribution >= 4 is 17.9 Å². The van der Waals surface area contributed by atoms with Crippen molar-refractivity contribution in [3.63, 3.8) is 0 Å². The minimum absolute atomic E-state index is 0.0852. The Kier molecular flexibility index (Phi) is 46.9. The molecule has 0 rings (SSSR count). The van der Waals surface area contributed by atoms with Crippen molar-refractivity contribution in [2.24, 2.45) is 0 Å². The van der Waals surface area contributed by atoms with Gasteiger partial charge in [-0.25, -0.2) is 0 Å². The van der Waals surface area contributed by atoms with Crippen molar-refractivity contribution < 1.29 is 28.6 Å². The lowest BCUT2D eigenvalue weighted by molar-refractivity contribution is -0.167. The second-order valence-electron chi connectivity index (χ2n) is 17.1. The zero-order chi connectivity index (χ0) is 43.7. The van der Waals surface area contributed by atoms with E-state index >= 15 is 0 Å². The Bertz CT molecular complexity index is 1060. The number of carbonyl (C=O) groups excluding carboxylic acids is 3. The van der Waals surface area contributed by atoms with Gasteiger partial charge in [0.25, 0.3) is 0 Å². The van der Waals surface area contributed by atoms with E-state index in [4.69, 9.17) is 14.2 Å². The first-order valence-corrected chi connectivity index (χ1v) is 25.6. The Balaban J connectivity index is 4.40. The van der Waals surface area contributed by atoms with Crippen LogP contribution in [0, 0.1) is 0 Å². The van der Waals surface area contributed by atoms with Crippen LogP contribution in [-0.2, 0) is 28.6 Å². The Hall–Kier alpha value is -2.63. The second-order valence-corrected chi connectivity index (χ2v) is 17.1. The lowest BCUT2D eigenvalue weighted by Gasteiger charge is -2.18. The molecule has 6 nitrogen and oxygen atoms in total. The largest absolute Gasteiger partial charge is 0.462 e. The third-order valence-electron chi connectivity index (χ3n) is 11.0. The van der Waals surface area contributed by atoms with Gasteiger partial charge in [0.15, 0.2) is 6.10 Å². The lowest BCUT2D eigenvalue weighted by Crippen LogP contribution is -2.30. The minimum Gasteiger partial charge on any atom is -0.462 e. The topological polar surface area (TPSA) is 78.9 Å². The first-order chi connectivity index (χ1) is 29.5. The van der Waals surface area contributed by atoms with E-state index < -0.39 is 6.10 Å². The van der Waals surface area contributed by atoms with E-state index in [0.29, 0.717) is 19.3 Å². The number of esters is 3. The van der Waals surface area contributed by atoms with Crippen LogP contribution in [0.3, 0.4) is 0 Å². The minimum atomic E-state index is -0.785. The standard InChI is InChI=1S/C54H96O6/c1-4-7-10-13-16-19-22-25-27-28-30-32-35-38-41-44-47-53(56)59-50-51(49-58-52(55)46-43-40-37-34-31-24-21-18-15-12-9-6-3)60-54(57)48-45-42-39-36-33-29-26-23-20-17-14-11-8-5-2/h14,17-18,21,23,26-28,51H,4-13,15-16,19-20,22,24-25,29-50H2,1-3H3/b17-14-,21-18-,26-23-,28-27-. The highest BCUT2D eigenvalue weighted by Crippen LogP contribution is 2.14. The van der Waals surface area contributed by atoms with Crippen molar-refractivity contribution in [3.8, 4) is 0 Å². The number of hydrogen-bond acceptors (Lipinski definition) is 6. The van der Waals surface area contributed by atoms with Gasteiger partial charge in [0.05, 0.1) is 0 Å². The molecule has 6 heteroatoms. The molecule has 0 amide bonds. The molecule has 1 atom stereocenters. The average molecular weight is 841 g/mol. The number of ether oxygens (including phenoxy) is 3. The predicted octanol–water partition coefficient (Wildman–Crippen LogP) is 16.7. The lowest BCUT2D eigenvalue weighted by atomic mass is 10.1. The molecule has 0 aromatic rings. The summed E-state index contributed by atoms with van der Waals surface area (Å²) in [6.07, 6.45) is 58.0. The number of rotatable bonds is 46. The second kappa shape index (κ2) is 49.0. The van der Waals surface area contributed by atoms with Crippen LogP contribution in [0.15, 0.2) is 48.6 Å². The molecule has 0 fully saturated rings. The molecule has 1 unspecified atom stereocenters. The summed E-state index contributed by atoms with van der Waals surface area (Å²) < 4.78 is 16.8. The van der Waals surface area contributed by atoms with Crippen LogP contribution in [0.25, 0.3) is 0 Å². The molecule has 0 saturated carbocycles. The number of unbranched alkanes of at least 4 members (excludes halogenated alkanes) is 27. The fourth-order valence-corrected chi connectivity index (χ4v) is 7.09. The molecule has 0 aliphatic carbocycles. The molecule has 348 valence electrons. The maximum absolute atomic E-state index is 12.8. The van der Waals surface area contributed by atoms with E-state index in [1.807, 2.05) is 0 Å². The molecular weight excluding hydrogens is 745 g/mol. The number of carbonyl (C=O) groups is 3. The average Bonchev–Trinajstić information content (AvgIpc) is 3.24. The maximum atomic E-state index is 12.8. The summed E-state index contributed by atoms with van der Waals surface area (Å²) in [6.45, 7) is 6.55. The smallest absolute Gasteiger partial charge is 0.306 e. The monoisotopic (exact) mass is 841 g/mol. The highest BCUT2D eigenvalue weighted by molar-refractivity contribution is 5.71. The fraction of sp³-hybridized carbons (Fsp3) is 0.796. The first kappa shape index (κ1) is 57.4. The number of allylic oxidation sites excluding steroid dienone is 8. The van der Waals surface area contributed by atoms with Crippen molar-refractivity contribution in [3.05, 3.63) is 48.6 Å². The molecule has 60 heavy (non-hydrogen) atoms.